The molecule has 1 unspecified atom stereocenters. The topological polar surface area (TPSA) is 53.7 Å². The highest BCUT2D eigenvalue weighted by atomic mass is 16.3. The van der Waals surface area contributed by atoms with Crippen molar-refractivity contribution in [2.45, 2.75) is 31.7 Å². The third-order valence-corrected chi connectivity index (χ3v) is 4.42. The monoisotopic (exact) mass is 299 g/mol. The van der Waals surface area contributed by atoms with E-state index in [0.717, 1.165) is 36.0 Å². The molecule has 0 aliphatic heterocycles. The van der Waals surface area contributed by atoms with Gasteiger partial charge in [0, 0.05) is 19.2 Å². The summed E-state index contributed by atoms with van der Waals surface area (Å²) in [6.45, 7) is 0.0352. The molecule has 1 amide bonds. The predicted molar refractivity (Wildman–Crippen MR) is 83.7 cm³/mol. The van der Waals surface area contributed by atoms with Crippen molar-refractivity contribution < 1.29 is 14.3 Å². The van der Waals surface area contributed by atoms with Gasteiger partial charge in [0.15, 0.2) is 5.76 Å². The molecule has 3 rings (SSSR count). The third kappa shape index (κ3) is 2.66. The Hall–Kier alpha value is -2.07. The summed E-state index contributed by atoms with van der Waals surface area (Å²) in [6.07, 6.45) is 5.22. The van der Waals surface area contributed by atoms with Crippen molar-refractivity contribution in [3.05, 3.63) is 59.0 Å². The zero-order chi connectivity index (χ0) is 15.5. The summed E-state index contributed by atoms with van der Waals surface area (Å²) in [6, 6.07) is 9.65. The minimum Gasteiger partial charge on any atom is -0.459 e. The second-order valence-electron chi connectivity index (χ2n) is 5.78. The Bertz CT molecular complexity index is 648. The summed E-state index contributed by atoms with van der Waals surface area (Å²) in [7, 11) is 1.78. The number of amides is 1. The van der Waals surface area contributed by atoms with Crippen molar-refractivity contribution >= 4 is 5.91 Å². The van der Waals surface area contributed by atoms with E-state index in [0.29, 0.717) is 12.2 Å². The largest absolute Gasteiger partial charge is 0.459 e. The normalized spacial score (nSPS) is 14.6. The van der Waals surface area contributed by atoms with E-state index >= 15 is 0 Å². The SMILES string of the molecule is CN(C(=O)c1occ2c1CCC2)C(CCO)c1ccccc1. The van der Waals surface area contributed by atoms with Crippen molar-refractivity contribution in [2.24, 2.45) is 0 Å². The van der Waals surface area contributed by atoms with Crippen molar-refractivity contribution in [3.63, 3.8) is 0 Å². The van der Waals surface area contributed by atoms with Crippen LogP contribution in [0.1, 0.15) is 46.1 Å². The van der Waals surface area contributed by atoms with Crippen LogP contribution in [-0.2, 0) is 12.8 Å². The van der Waals surface area contributed by atoms with Gasteiger partial charge in [0.1, 0.15) is 0 Å². The van der Waals surface area contributed by atoms with Crippen LogP contribution >= 0.6 is 0 Å². The zero-order valence-electron chi connectivity index (χ0n) is 12.8. The summed E-state index contributed by atoms with van der Waals surface area (Å²) < 4.78 is 5.53. The summed E-state index contributed by atoms with van der Waals surface area (Å²) in [5, 5.41) is 9.35. The molecule has 1 aromatic heterocycles. The minimum absolute atomic E-state index is 0.0352. The lowest BCUT2D eigenvalue weighted by molar-refractivity contribution is 0.0671. The number of aryl methyl sites for hydroxylation is 1. The predicted octanol–water partition coefficient (Wildman–Crippen LogP) is 2.96. The van der Waals surface area contributed by atoms with Crippen LogP contribution in [0.25, 0.3) is 0 Å². The lowest BCUT2D eigenvalue weighted by Gasteiger charge is -2.27. The van der Waals surface area contributed by atoms with Crippen LogP contribution < -0.4 is 0 Å². The van der Waals surface area contributed by atoms with Crippen LogP contribution in [0, 0.1) is 0 Å². The standard InChI is InChI=1S/C18H21NO3/c1-19(16(10-11-20)13-6-3-2-4-7-13)18(21)17-15-9-5-8-14(15)12-22-17/h2-4,6-7,12,16,20H,5,8-11H2,1H3. The molecule has 0 saturated heterocycles. The van der Waals surface area contributed by atoms with E-state index in [2.05, 4.69) is 0 Å². The lowest BCUT2D eigenvalue weighted by atomic mass is 10.0. The Balaban J connectivity index is 1.86. The molecule has 1 aliphatic rings. The molecular weight excluding hydrogens is 278 g/mol. The van der Waals surface area contributed by atoms with E-state index in [1.807, 2.05) is 30.3 Å². The van der Waals surface area contributed by atoms with Crippen molar-refractivity contribution in [2.75, 3.05) is 13.7 Å². The molecule has 1 N–H and O–H groups in total. The highest BCUT2D eigenvalue weighted by Crippen LogP contribution is 2.30. The maximum atomic E-state index is 12.8. The highest BCUT2D eigenvalue weighted by molar-refractivity contribution is 5.93. The highest BCUT2D eigenvalue weighted by Gasteiger charge is 2.29. The summed E-state index contributed by atoms with van der Waals surface area (Å²) >= 11 is 0. The molecule has 0 fully saturated rings. The number of hydrogen-bond donors (Lipinski definition) is 1. The Morgan fingerprint density at radius 2 is 2.09 bits per heavy atom. The van der Waals surface area contributed by atoms with Crippen LogP contribution in [0.2, 0.25) is 0 Å². The Labute approximate surface area is 130 Å². The average Bonchev–Trinajstić information content (AvgIpc) is 3.15. The number of hydrogen-bond acceptors (Lipinski definition) is 3. The van der Waals surface area contributed by atoms with Gasteiger partial charge in [-0.25, -0.2) is 0 Å². The molecule has 0 radical (unpaired) electrons. The van der Waals surface area contributed by atoms with E-state index in [-0.39, 0.29) is 18.6 Å². The number of furan rings is 1. The van der Waals surface area contributed by atoms with Crippen molar-refractivity contribution in [1.29, 1.82) is 0 Å². The Kier molecular flexibility index (Phi) is 4.29. The van der Waals surface area contributed by atoms with Crippen LogP contribution in [0.15, 0.2) is 41.0 Å². The fourth-order valence-electron chi connectivity index (χ4n) is 3.22. The number of benzene rings is 1. The van der Waals surface area contributed by atoms with Gasteiger partial charge < -0.3 is 14.4 Å². The quantitative estimate of drug-likeness (QED) is 0.923. The van der Waals surface area contributed by atoms with E-state index < -0.39 is 0 Å². The minimum atomic E-state index is -0.152. The molecule has 4 nitrogen and oxygen atoms in total. The van der Waals surface area contributed by atoms with Crippen molar-refractivity contribution in [1.82, 2.24) is 4.90 Å². The van der Waals surface area contributed by atoms with E-state index in [4.69, 9.17) is 4.42 Å². The smallest absolute Gasteiger partial charge is 0.290 e. The van der Waals surface area contributed by atoms with Gasteiger partial charge in [-0.05, 0) is 36.8 Å². The van der Waals surface area contributed by atoms with Gasteiger partial charge in [-0.3, -0.25) is 4.79 Å². The molecule has 116 valence electrons. The van der Waals surface area contributed by atoms with E-state index in [1.54, 1.807) is 18.2 Å². The number of rotatable bonds is 5. The molecular formula is C18H21NO3. The summed E-state index contributed by atoms with van der Waals surface area (Å²) in [5.41, 5.74) is 3.25. The molecule has 0 bridgehead atoms. The van der Waals surface area contributed by atoms with Gasteiger partial charge in [-0.1, -0.05) is 30.3 Å². The number of nitrogens with zero attached hydrogens (tertiary/aromatic N) is 1. The number of aliphatic hydroxyl groups excluding tert-OH is 1. The zero-order valence-corrected chi connectivity index (χ0v) is 12.8. The second-order valence-corrected chi connectivity index (χ2v) is 5.78. The first kappa shape index (κ1) is 14.9. The Morgan fingerprint density at radius 1 is 1.32 bits per heavy atom. The molecule has 22 heavy (non-hydrogen) atoms. The maximum Gasteiger partial charge on any atom is 0.290 e. The summed E-state index contributed by atoms with van der Waals surface area (Å²) in [4.78, 5) is 14.5. The average molecular weight is 299 g/mol. The first-order valence-electron chi connectivity index (χ1n) is 7.74. The van der Waals surface area contributed by atoms with Gasteiger partial charge >= 0.3 is 0 Å². The molecule has 1 atom stereocenters. The van der Waals surface area contributed by atoms with Crippen LogP contribution in [0.4, 0.5) is 0 Å². The van der Waals surface area contributed by atoms with Gasteiger partial charge in [0.2, 0.25) is 0 Å². The number of carbonyl (C=O) groups is 1. The van der Waals surface area contributed by atoms with E-state index in [1.165, 1.54) is 0 Å². The van der Waals surface area contributed by atoms with E-state index in [9.17, 15) is 9.90 Å². The number of carbonyl (C=O) groups excluding carboxylic acids is 1. The van der Waals surface area contributed by atoms with Gasteiger partial charge in [-0.15, -0.1) is 0 Å². The molecule has 4 heteroatoms. The fraction of sp³-hybridized carbons (Fsp3) is 0.389. The molecule has 0 saturated carbocycles. The van der Waals surface area contributed by atoms with Crippen LogP contribution in [-0.4, -0.2) is 29.6 Å². The van der Waals surface area contributed by atoms with Gasteiger partial charge in [0.25, 0.3) is 5.91 Å². The third-order valence-electron chi connectivity index (χ3n) is 4.42. The number of aliphatic hydroxyl groups is 1. The Morgan fingerprint density at radius 3 is 2.82 bits per heavy atom. The maximum absolute atomic E-state index is 12.8. The first-order chi connectivity index (χ1) is 10.7. The molecule has 1 aliphatic carbocycles. The molecule has 2 aromatic rings. The molecule has 0 spiro atoms. The van der Waals surface area contributed by atoms with Crippen molar-refractivity contribution in [3.8, 4) is 0 Å². The number of fused-ring (bicyclic) bond motifs is 1. The molecule has 1 aromatic carbocycles. The molecule has 1 heterocycles. The first-order valence-corrected chi connectivity index (χ1v) is 7.74. The van der Waals surface area contributed by atoms with Gasteiger partial charge in [0.05, 0.1) is 12.3 Å². The summed E-state index contributed by atoms with van der Waals surface area (Å²) in [5.74, 6) is 0.360. The van der Waals surface area contributed by atoms with Gasteiger partial charge in [-0.2, -0.15) is 0 Å². The lowest BCUT2D eigenvalue weighted by Crippen LogP contribution is -2.32. The van der Waals surface area contributed by atoms with Crippen LogP contribution in [0.3, 0.4) is 0 Å². The van der Waals surface area contributed by atoms with Crippen LogP contribution in [0.5, 0.6) is 0 Å². The second kappa shape index (κ2) is 6.36. The fourth-order valence-corrected chi connectivity index (χ4v) is 3.22.